The average Bonchev–Trinajstić information content (AvgIpc) is 2.91. The van der Waals surface area contributed by atoms with E-state index in [-0.39, 0.29) is 18.5 Å². The van der Waals surface area contributed by atoms with E-state index < -0.39 is 35.0 Å². The molecule has 1 fully saturated rings. The van der Waals surface area contributed by atoms with Gasteiger partial charge in [-0.05, 0) is 24.1 Å². The number of benzene rings is 2. The highest BCUT2D eigenvalue weighted by Crippen LogP contribution is 2.30. The van der Waals surface area contributed by atoms with Gasteiger partial charge in [0.25, 0.3) is 5.91 Å². The van der Waals surface area contributed by atoms with Crippen molar-refractivity contribution in [2.24, 2.45) is 0 Å². The second kappa shape index (κ2) is 6.91. The van der Waals surface area contributed by atoms with Gasteiger partial charge in [-0.2, -0.15) is 0 Å². The van der Waals surface area contributed by atoms with Gasteiger partial charge in [-0.1, -0.05) is 30.3 Å². The molecule has 1 unspecified atom stereocenters. The minimum Gasteiger partial charge on any atom is -0.324 e. The van der Waals surface area contributed by atoms with Crippen molar-refractivity contribution in [2.75, 3.05) is 5.32 Å². The molecular formula is C18H15F2N3O3. The summed E-state index contributed by atoms with van der Waals surface area (Å²) in [6.45, 7) is 0. The number of hydrogen-bond donors (Lipinski definition) is 3. The molecule has 3 rings (SSSR count). The number of nitrogens with one attached hydrogen (secondary N) is 3. The summed E-state index contributed by atoms with van der Waals surface area (Å²) < 4.78 is 26.5. The van der Waals surface area contributed by atoms with Crippen molar-refractivity contribution in [3.63, 3.8) is 0 Å². The molecule has 0 bridgehead atoms. The SMILES string of the molecule is O=C(CCC1(c2ccccc2)NC(=O)NC1=O)Nc1ccc(F)cc1F. The van der Waals surface area contributed by atoms with Gasteiger partial charge in [-0.25, -0.2) is 13.6 Å². The van der Waals surface area contributed by atoms with Crippen molar-refractivity contribution in [3.8, 4) is 0 Å². The molecule has 26 heavy (non-hydrogen) atoms. The predicted molar refractivity (Wildman–Crippen MR) is 89.0 cm³/mol. The van der Waals surface area contributed by atoms with Crippen LogP contribution in [0, 0.1) is 11.6 Å². The Hall–Kier alpha value is -3.29. The topological polar surface area (TPSA) is 87.3 Å². The molecule has 0 aromatic heterocycles. The lowest BCUT2D eigenvalue weighted by atomic mass is 9.85. The van der Waals surface area contributed by atoms with E-state index in [1.807, 2.05) is 0 Å². The molecule has 1 saturated heterocycles. The molecule has 0 aliphatic carbocycles. The molecular weight excluding hydrogens is 344 g/mol. The summed E-state index contributed by atoms with van der Waals surface area (Å²) in [5, 5.41) is 7.07. The van der Waals surface area contributed by atoms with Gasteiger partial charge in [-0.15, -0.1) is 0 Å². The van der Waals surface area contributed by atoms with Crippen molar-refractivity contribution in [1.29, 1.82) is 0 Å². The molecule has 2 aromatic carbocycles. The highest BCUT2D eigenvalue weighted by Gasteiger charge is 2.47. The summed E-state index contributed by atoms with van der Waals surface area (Å²) in [5.74, 6) is -2.79. The van der Waals surface area contributed by atoms with E-state index in [4.69, 9.17) is 0 Å². The number of halogens is 2. The summed E-state index contributed by atoms with van der Waals surface area (Å²) >= 11 is 0. The summed E-state index contributed by atoms with van der Waals surface area (Å²) in [7, 11) is 0. The smallest absolute Gasteiger partial charge is 0.322 e. The van der Waals surface area contributed by atoms with Gasteiger partial charge in [0, 0.05) is 12.5 Å². The van der Waals surface area contributed by atoms with Crippen molar-refractivity contribution >= 4 is 23.5 Å². The molecule has 1 aliphatic heterocycles. The molecule has 8 heteroatoms. The van der Waals surface area contributed by atoms with Crippen molar-refractivity contribution in [2.45, 2.75) is 18.4 Å². The number of imide groups is 1. The Morgan fingerprint density at radius 1 is 1.08 bits per heavy atom. The third kappa shape index (κ3) is 3.39. The first-order chi connectivity index (χ1) is 12.4. The van der Waals surface area contributed by atoms with Crippen LogP contribution in [-0.4, -0.2) is 17.8 Å². The average molecular weight is 359 g/mol. The van der Waals surface area contributed by atoms with Crippen LogP contribution in [0.5, 0.6) is 0 Å². The van der Waals surface area contributed by atoms with Crippen molar-refractivity contribution in [3.05, 3.63) is 65.7 Å². The molecule has 3 N–H and O–H groups in total. The number of carbonyl (C=O) groups is 3. The van der Waals surface area contributed by atoms with Crippen LogP contribution in [0.3, 0.4) is 0 Å². The molecule has 1 aliphatic rings. The van der Waals surface area contributed by atoms with Gasteiger partial charge >= 0.3 is 6.03 Å². The molecule has 6 nitrogen and oxygen atoms in total. The molecule has 1 heterocycles. The Kier molecular flexibility index (Phi) is 4.66. The van der Waals surface area contributed by atoms with E-state index in [9.17, 15) is 23.2 Å². The van der Waals surface area contributed by atoms with E-state index in [0.717, 1.165) is 12.1 Å². The summed E-state index contributed by atoms with van der Waals surface area (Å²) in [6.07, 6.45) is -0.192. The largest absolute Gasteiger partial charge is 0.324 e. The lowest BCUT2D eigenvalue weighted by molar-refractivity contribution is -0.125. The van der Waals surface area contributed by atoms with E-state index >= 15 is 0 Å². The van der Waals surface area contributed by atoms with Crippen LogP contribution in [-0.2, 0) is 15.1 Å². The van der Waals surface area contributed by atoms with Gasteiger partial charge in [0.15, 0.2) is 0 Å². The second-order valence-corrected chi connectivity index (χ2v) is 5.85. The first kappa shape index (κ1) is 17.5. The van der Waals surface area contributed by atoms with Crippen molar-refractivity contribution in [1.82, 2.24) is 10.6 Å². The molecule has 4 amide bonds. The highest BCUT2D eigenvalue weighted by molar-refractivity contribution is 6.07. The number of urea groups is 1. The van der Waals surface area contributed by atoms with E-state index in [1.54, 1.807) is 30.3 Å². The molecule has 134 valence electrons. The Balaban J connectivity index is 1.75. The zero-order valence-corrected chi connectivity index (χ0v) is 13.5. The third-order valence-corrected chi connectivity index (χ3v) is 4.14. The van der Waals surface area contributed by atoms with Crippen LogP contribution in [0.15, 0.2) is 48.5 Å². The number of carbonyl (C=O) groups excluding carboxylic acids is 3. The zero-order chi connectivity index (χ0) is 18.7. The van der Waals surface area contributed by atoms with E-state index in [1.165, 1.54) is 0 Å². The minimum atomic E-state index is -1.38. The lowest BCUT2D eigenvalue weighted by Crippen LogP contribution is -2.44. The van der Waals surface area contributed by atoms with Gasteiger partial charge in [-0.3, -0.25) is 14.9 Å². The highest BCUT2D eigenvalue weighted by atomic mass is 19.1. The number of hydrogen-bond acceptors (Lipinski definition) is 3. The maximum absolute atomic E-state index is 13.6. The monoisotopic (exact) mass is 359 g/mol. The quantitative estimate of drug-likeness (QED) is 0.717. The molecule has 0 saturated carbocycles. The molecule has 2 aromatic rings. The van der Waals surface area contributed by atoms with Crippen LogP contribution < -0.4 is 16.0 Å². The Bertz CT molecular complexity index is 873. The van der Waals surface area contributed by atoms with Gasteiger partial charge in [0.2, 0.25) is 5.91 Å². The first-order valence-electron chi connectivity index (χ1n) is 7.85. The number of anilines is 1. The minimum absolute atomic E-state index is 0.0246. The van der Waals surface area contributed by atoms with Crippen LogP contribution in [0.2, 0.25) is 0 Å². The summed E-state index contributed by atoms with van der Waals surface area (Å²) in [5.41, 5.74) is -1.01. The number of rotatable bonds is 5. The van der Waals surface area contributed by atoms with E-state index in [0.29, 0.717) is 11.6 Å². The van der Waals surface area contributed by atoms with Gasteiger partial charge < -0.3 is 10.6 Å². The third-order valence-electron chi connectivity index (χ3n) is 4.14. The van der Waals surface area contributed by atoms with Crippen LogP contribution in [0.1, 0.15) is 18.4 Å². The molecule has 0 spiro atoms. The fourth-order valence-corrected chi connectivity index (χ4v) is 2.84. The normalized spacial score (nSPS) is 19.0. The van der Waals surface area contributed by atoms with Gasteiger partial charge in [0.05, 0.1) is 5.69 Å². The van der Waals surface area contributed by atoms with Crippen LogP contribution in [0.4, 0.5) is 19.3 Å². The predicted octanol–water partition coefficient (Wildman–Crippen LogP) is 2.42. The van der Waals surface area contributed by atoms with Crippen LogP contribution >= 0.6 is 0 Å². The van der Waals surface area contributed by atoms with Crippen molar-refractivity contribution < 1.29 is 23.2 Å². The van der Waals surface area contributed by atoms with E-state index in [2.05, 4.69) is 16.0 Å². The maximum atomic E-state index is 13.6. The lowest BCUT2D eigenvalue weighted by Gasteiger charge is -2.26. The first-order valence-corrected chi connectivity index (χ1v) is 7.85. The summed E-state index contributed by atoms with van der Waals surface area (Å²) in [4.78, 5) is 36.1. The fourth-order valence-electron chi connectivity index (χ4n) is 2.84. The Labute approximate surface area is 147 Å². The number of amides is 4. The fraction of sp³-hybridized carbons (Fsp3) is 0.167. The second-order valence-electron chi connectivity index (χ2n) is 5.85. The Morgan fingerprint density at radius 2 is 1.81 bits per heavy atom. The summed E-state index contributed by atoms with van der Waals surface area (Å²) in [6, 6.07) is 10.7. The standard InChI is InChI=1S/C18H15F2N3O3/c19-12-6-7-14(13(20)10-12)21-15(24)8-9-18(11-4-2-1-3-5-11)16(25)22-17(26)23-18/h1-7,10H,8-9H2,(H,21,24)(H2,22,23,25,26). The van der Waals surface area contributed by atoms with Crippen LogP contribution in [0.25, 0.3) is 0 Å². The molecule has 1 atom stereocenters. The molecule has 0 radical (unpaired) electrons. The zero-order valence-electron chi connectivity index (χ0n) is 13.5. The van der Waals surface area contributed by atoms with Gasteiger partial charge in [0.1, 0.15) is 17.2 Å². The maximum Gasteiger partial charge on any atom is 0.322 e. The Morgan fingerprint density at radius 3 is 2.42 bits per heavy atom.